The molecule has 0 unspecified atom stereocenters. The molecule has 1 aromatic carbocycles. The van der Waals surface area contributed by atoms with E-state index in [-0.39, 0.29) is 5.56 Å². The van der Waals surface area contributed by atoms with E-state index in [1.807, 2.05) is 0 Å². The lowest BCUT2D eigenvalue weighted by Crippen LogP contribution is -2.59. The molecule has 1 saturated heterocycles. The lowest BCUT2D eigenvalue weighted by molar-refractivity contribution is -0.301. The predicted molar refractivity (Wildman–Crippen MR) is 85.0 cm³/mol. The molecule has 0 aromatic heterocycles. The van der Waals surface area contributed by atoms with E-state index in [0.717, 1.165) is 12.1 Å². The third-order valence-corrected chi connectivity index (χ3v) is 3.99. The van der Waals surface area contributed by atoms with Crippen LogP contribution in [0.5, 0.6) is 0 Å². The number of halogens is 1. The summed E-state index contributed by atoms with van der Waals surface area (Å²) >= 11 is 0. The Morgan fingerprint density at radius 2 is 1.78 bits per heavy atom. The summed E-state index contributed by atoms with van der Waals surface area (Å²) in [5, 5.41) is 49.7. The summed E-state index contributed by atoms with van der Waals surface area (Å²) in [7, 11) is 0. The number of benzene rings is 1. The molecule has 1 fully saturated rings. The van der Waals surface area contributed by atoms with Gasteiger partial charge in [-0.3, -0.25) is 4.79 Å². The van der Waals surface area contributed by atoms with Crippen LogP contribution >= 0.6 is 0 Å². The lowest BCUT2D eigenvalue weighted by Gasteiger charge is -2.39. The first kappa shape index (κ1) is 21.2. The monoisotopic (exact) mass is 389 g/mol. The van der Waals surface area contributed by atoms with Crippen molar-refractivity contribution in [2.45, 2.75) is 36.7 Å². The summed E-state index contributed by atoms with van der Waals surface area (Å²) < 4.78 is 23.1. The summed E-state index contributed by atoms with van der Waals surface area (Å²) in [4.78, 5) is 23.4. The SMILES string of the molecule is O=C(N[C@@H](CO[C@@H]1O[C@H](CO)[C@H](O)[C@H](O)[C@H]1O)C(=O)O)c1ccc(F)cc1. The van der Waals surface area contributed by atoms with E-state index in [4.69, 9.17) is 14.6 Å². The Bertz CT molecular complexity index is 654. The number of nitrogens with one attached hydrogen (secondary N) is 1. The Labute approximate surface area is 152 Å². The van der Waals surface area contributed by atoms with Crippen molar-refractivity contribution in [2.24, 2.45) is 0 Å². The summed E-state index contributed by atoms with van der Waals surface area (Å²) in [6.45, 7) is -1.32. The maximum atomic E-state index is 12.9. The molecule has 1 aliphatic rings. The Morgan fingerprint density at radius 3 is 2.33 bits per heavy atom. The van der Waals surface area contributed by atoms with Gasteiger partial charge in [-0.05, 0) is 24.3 Å². The van der Waals surface area contributed by atoms with Gasteiger partial charge in [-0.2, -0.15) is 0 Å². The van der Waals surface area contributed by atoms with Crippen LogP contribution in [-0.2, 0) is 14.3 Å². The fourth-order valence-electron chi connectivity index (χ4n) is 2.41. The van der Waals surface area contributed by atoms with E-state index in [1.165, 1.54) is 12.1 Å². The zero-order valence-electron chi connectivity index (χ0n) is 13.9. The second-order valence-electron chi connectivity index (χ2n) is 5.90. The maximum Gasteiger partial charge on any atom is 0.328 e. The van der Waals surface area contributed by atoms with Gasteiger partial charge in [0, 0.05) is 5.56 Å². The van der Waals surface area contributed by atoms with Crippen molar-refractivity contribution in [2.75, 3.05) is 13.2 Å². The largest absolute Gasteiger partial charge is 0.480 e. The standard InChI is InChI=1S/C16H20FNO9/c17-8-3-1-7(2-4-8)14(23)18-9(15(24)25)6-26-16-13(22)12(21)11(20)10(5-19)27-16/h1-4,9-13,16,19-22H,5-6H2,(H,18,23)(H,24,25)/t9-,10+,11-,12-,13+,16+/m0/s1. The van der Waals surface area contributed by atoms with E-state index in [0.29, 0.717) is 0 Å². The Balaban J connectivity index is 1.98. The van der Waals surface area contributed by atoms with Crippen LogP contribution in [0.3, 0.4) is 0 Å². The minimum atomic E-state index is -1.70. The first-order valence-electron chi connectivity index (χ1n) is 7.96. The highest BCUT2D eigenvalue weighted by Gasteiger charge is 2.44. The number of carbonyl (C=O) groups excluding carboxylic acids is 1. The van der Waals surface area contributed by atoms with Gasteiger partial charge in [-0.25, -0.2) is 9.18 Å². The molecular weight excluding hydrogens is 369 g/mol. The van der Waals surface area contributed by atoms with Gasteiger partial charge < -0.3 is 40.3 Å². The number of hydrogen-bond acceptors (Lipinski definition) is 8. The number of hydrogen-bond donors (Lipinski definition) is 6. The van der Waals surface area contributed by atoms with Crippen LogP contribution in [0.15, 0.2) is 24.3 Å². The van der Waals surface area contributed by atoms with E-state index in [2.05, 4.69) is 5.32 Å². The van der Waals surface area contributed by atoms with Crippen molar-refractivity contribution in [1.29, 1.82) is 0 Å². The quantitative estimate of drug-likeness (QED) is 0.304. The van der Waals surface area contributed by atoms with Gasteiger partial charge in [0.1, 0.15) is 30.2 Å². The average Bonchev–Trinajstić information content (AvgIpc) is 2.64. The highest BCUT2D eigenvalue weighted by atomic mass is 19.1. The van der Waals surface area contributed by atoms with Crippen LogP contribution in [-0.4, -0.2) is 87.4 Å². The third kappa shape index (κ3) is 5.19. The van der Waals surface area contributed by atoms with Gasteiger partial charge in [0.15, 0.2) is 12.3 Å². The molecule has 0 saturated carbocycles. The minimum absolute atomic E-state index is 0.0236. The molecule has 6 atom stereocenters. The molecule has 150 valence electrons. The maximum absolute atomic E-state index is 12.9. The van der Waals surface area contributed by atoms with E-state index < -0.39 is 67.7 Å². The highest BCUT2D eigenvalue weighted by molar-refractivity contribution is 5.96. The predicted octanol–water partition coefficient (Wildman–Crippen LogP) is -2.17. The van der Waals surface area contributed by atoms with Crippen LogP contribution in [0.1, 0.15) is 10.4 Å². The third-order valence-electron chi connectivity index (χ3n) is 3.99. The number of carboxylic acids is 1. The van der Waals surface area contributed by atoms with Crippen LogP contribution in [0.4, 0.5) is 4.39 Å². The summed E-state index contributed by atoms with van der Waals surface area (Å²) in [6, 6.07) is 2.86. The molecule has 11 heteroatoms. The average molecular weight is 389 g/mol. The van der Waals surface area contributed by atoms with Crippen molar-refractivity contribution in [3.8, 4) is 0 Å². The number of aliphatic hydroxyl groups excluding tert-OH is 4. The normalized spacial score (nSPS) is 29.1. The molecule has 0 bridgehead atoms. The number of rotatable bonds is 7. The van der Waals surface area contributed by atoms with Gasteiger partial charge in [0.25, 0.3) is 5.91 Å². The zero-order valence-corrected chi connectivity index (χ0v) is 13.9. The molecular formula is C16H20FNO9. The lowest BCUT2D eigenvalue weighted by atomic mass is 9.99. The summed E-state index contributed by atoms with van der Waals surface area (Å²) in [5.74, 6) is -2.80. The van der Waals surface area contributed by atoms with Crippen molar-refractivity contribution in [3.05, 3.63) is 35.6 Å². The molecule has 27 heavy (non-hydrogen) atoms. The number of carboxylic acid groups (broad SMARTS) is 1. The topological polar surface area (TPSA) is 166 Å². The molecule has 6 N–H and O–H groups in total. The molecule has 1 aromatic rings. The van der Waals surface area contributed by atoms with Crippen molar-refractivity contribution in [1.82, 2.24) is 5.32 Å². The van der Waals surface area contributed by atoms with E-state index >= 15 is 0 Å². The highest BCUT2D eigenvalue weighted by Crippen LogP contribution is 2.22. The first-order chi connectivity index (χ1) is 12.7. The number of ether oxygens (including phenoxy) is 2. The molecule has 1 amide bonds. The smallest absolute Gasteiger partial charge is 0.328 e. The van der Waals surface area contributed by atoms with Crippen LogP contribution in [0.2, 0.25) is 0 Å². The second-order valence-corrected chi connectivity index (χ2v) is 5.90. The summed E-state index contributed by atoms with van der Waals surface area (Å²) in [6.07, 6.45) is -7.73. The molecule has 2 rings (SSSR count). The van der Waals surface area contributed by atoms with Crippen LogP contribution in [0, 0.1) is 5.82 Å². The van der Waals surface area contributed by atoms with Crippen molar-refractivity contribution in [3.63, 3.8) is 0 Å². The van der Waals surface area contributed by atoms with Gasteiger partial charge in [-0.15, -0.1) is 0 Å². The Hall–Kier alpha value is -2.15. The number of aliphatic carboxylic acids is 1. The molecule has 0 radical (unpaired) electrons. The van der Waals surface area contributed by atoms with Crippen molar-refractivity contribution < 1.29 is 49.0 Å². The number of carbonyl (C=O) groups is 2. The minimum Gasteiger partial charge on any atom is -0.480 e. The molecule has 1 heterocycles. The van der Waals surface area contributed by atoms with E-state index in [1.54, 1.807) is 0 Å². The second kappa shape index (κ2) is 9.17. The molecule has 0 spiro atoms. The summed E-state index contributed by atoms with van der Waals surface area (Å²) in [5.41, 5.74) is 0.0236. The fraction of sp³-hybridized carbons (Fsp3) is 0.500. The molecule has 1 aliphatic heterocycles. The Kier molecular flexibility index (Phi) is 7.18. The fourth-order valence-corrected chi connectivity index (χ4v) is 2.41. The van der Waals surface area contributed by atoms with Gasteiger partial charge >= 0.3 is 5.97 Å². The van der Waals surface area contributed by atoms with E-state index in [9.17, 15) is 34.4 Å². The number of amides is 1. The zero-order chi connectivity index (χ0) is 20.1. The molecule has 0 aliphatic carbocycles. The number of aliphatic hydroxyl groups is 4. The van der Waals surface area contributed by atoms with Crippen LogP contribution in [0.25, 0.3) is 0 Å². The Morgan fingerprint density at radius 1 is 1.15 bits per heavy atom. The first-order valence-corrected chi connectivity index (χ1v) is 7.96. The van der Waals surface area contributed by atoms with Gasteiger partial charge in [-0.1, -0.05) is 0 Å². The molecule has 10 nitrogen and oxygen atoms in total. The van der Waals surface area contributed by atoms with Gasteiger partial charge in [0.2, 0.25) is 0 Å². The van der Waals surface area contributed by atoms with Crippen LogP contribution < -0.4 is 5.32 Å². The van der Waals surface area contributed by atoms with Gasteiger partial charge in [0.05, 0.1) is 13.2 Å². The van der Waals surface area contributed by atoms with Crippen molar-refractivity contribution >= 4 is 11.9 Å².